The number of rotatable bonds is 10. The van der Waals surface area contributed by atoms with Gasteiger partial charge in [0.15, 0.2) is 6.04 Å². The van der Waals surface area contributed by atoms with Gasteiger partial charge in [0.25, 0.3) is 5.56 Å². The van der Waals surface area contributed by atoms with Crippen molar-refractivity contribution in [2.45, 2.75) is 56.7 Å². The van der Waals surface area contributed by atoms with Crippen LogP contribution in [0.3, 0.4) is 0 Å². The Bertz CT molecular complexity index is 698. The van der Waals surface area contributed by atoms with Crippen molar-refractivity contribution in [2.24, 2.45) is 5.92 Å². The molecule has 1 aromatic heterocycles. The van der Waals surface area contributed by atoms with Crippen LogP contribution in [0.25, 0.3) is 0 Å². The van der Waals surface area contributed by atoms with Crippen molar-refractivity contribution < 1.29 is 9.53 Å². The molecule has 0 radical (unpaired) electrons. The molecule has 0 N–H and O–H groups in total. The maximum Gasteiger partial charge on any atom is 0.331 e. The first-order chi connectivity index (χ1) is 12.8. The summed E-state index contributed by atoms with van der Waals surface area (Å²) in [4.78, 5) is 28.0. The molecule has 152 valence electrons. The van der Waals surface area contributed by atoms with Gasteiger partial charge in [0.05, 0.1) is 12.8 Å². The maximum absolute atomic E-state index is 13.2. The fourth-order valence-electron chi connectivity index (χ4n) is 3.27. The maximum atomic E-state index is 13.2. The Hall–Kier alpha value is -1.34. The van der Waals surface area contributed by atoms with Crippen LogP contribution in [0.5, 0.6) is 0 Å². The molecule has 2 atom stereocenters. The molecule has 1 aliphatic carbocycles. The van der Waals surface area contributed by atoms with Gasteiger partial charge < -0.3 is 9.64 Å². The van der Waals surface area contributed by atoms with Gasteiger partial charge in [0, 0.05) is 23.8 Å². The van der Waals surface area contributed by atoms with Crippen LogP contribution in [0.4, 0.5) is 0 Å². The third-order valence-electron chi connectivity index (χ3n) is 4.91. The molecule has 0 aliphatic heterocycles. The first-order valence-corrected chi connectivity index (χ1v) is 10.9. The highest BCUT2D eigenvalue weighted by Crippen LogP contribution is 2.39. The number of carbonyl (C=O) groups is 1. The van der Waals surface area contributed by atoms with Crippen LogP contribution in [0, 0.1) is 5.92 Å². The minimum absolute atomic E-state index is 0.0567. The molecule has 0 bridgehead atoms. The minimum atomic E-state index is -0.697. The number of methoxy groups -OCH3 is 1. The SMILES string of the molecule is COC(=O)C(C(CC(C)C)SC)n1nc(CCN(C)C)cc(C2CC2)c1=O. The third-order valence-corrected chi connectivity index (χ3v) is 5.97. The van der Waals surface area contributed by atoms with Crippen molar-refractivity contribution in [2.75, 3.05) is 34.0 Å². The molecule has 2 rings (SSSR count). The molecule has 1 saturated carbocycles. The van der Waals surface area contributed by atoms with E-state index in [-0.39, 0.29) is 10.8 Å². The van der Waals surface area contributed by atoms with Gasteiger partial charge in [0.1, 0.15) is 0 Å². The standard InChI is InChI=1S/C20H33N3O3S/c1-13(2)11-17(27-6)18(20(25)26-5)23-19(24)16(14-7-8-14)12-15(21-23)9-10-22(3)4/h12-14,17-18H,7-11H2,1-6H3. The summed E-state index contributed by atoms with van der Waals surface area (Å²) in [5.74, 6) is 0.322. The van der Waals surface area contributed by atoms with E-state index in [2.05, 4.69) is 23.8 Å². The van der Waals surface area contributed by atoms with E-state index in [1.807, 2.05) is 26.4 Å². The van der Waals surface area contributed by atoms with Gasteiger partial charge in [-0.2, -0.15) is 16.9 Å². The van der Waals surface area contributed by atoms with E-state index in [1.165, 1.54) is 11.8 Å². The summed E-state index contributed by atoms with van der Waals surface area (Å²) in [6.45, 7) is 5.09. The van der Waals surface area contributed by atoms with Crippen LogP contribution >= 0.6 is 11.8 Å². The van der Waals surface area contributed by atoms with E-state index in [4.69, 9.17) is 4.74 Å². The molecule has 6 nitrogen and oxygen atoms in total. The summed E-state index contributed by atoms with van der Waals surface area (Å²) in [7, 11) is 5.41. The van der Waals surface area contributed by atoms with Gasteiger partial charge in [0.2, 0.25) is 0 Å². The van der Waals surface area contributed by atoms with Gasteiger partial charge >= 0.3 is 5.97 Å². The topological polar surface area (TPSA) is 64.4 Å². The monoisotopic (exact) mass is 395 g/mol. The summed E-state index contributed by atoms with van der Waals surface area (Å²) < 4.78 is 6.50. The van der Waals surface area contributed by atoms with Gasteiger partial charge in [-0.25, -0.2) is 9.48 Å². The highest BCUT2D eigenvalue weighted by atomic mass is 32.2. The average Bonchev–Trinajstić information content (AvgIpc) is 3.45. The lowest BCUT2D eigenvalue weighted by molar-refractivity contribution is -0.145. The van der Waals surface area contributed by atoms with Gasteiger partial charge in [-0.05, 0) is 57.5 Å². The third kappa shape index (κ3) is 5.82. The lowest BCUT2D eigenvalue weighted by atomic mass is 10.0. The highest BCUT2D eigenvalue weighted by Gasteiger charge is 2.35. The van der Waals surface area contributed by atoms with Crippen LogP contribution in [0.2, 0.25) is 0 Å². The van der Waals surface area contributed by atoms with E-state index in [9.17, 15) is 9.59 Å². The number of carbonyl (C=O) groups excluding carboxylic acids is 1. The van der Waals surface area contributed by atoms with Crippen molar-refractivity contribution in [1.82, 2.24) is 14.7 Å². The normalized spacial score (nSPS) is 16.6. The Morgan fingerprint density at radius 2 is 2.07 bits per heavy atom. The number of hydrogen-bond acceptors (Lipinski definition) is 6. The molecule has 0 spiro atoms. The summed E-state index contributed by atoms with van der Waals surface area (Å²) in [6, 6.07) is 1.25. The van der Waals surface area contributed by atoms with Crippen LogP contribution in [-0.2, 0) is 16.0 Å². The van der Waals surface area contributed by atoms with Crippen molar-refractivity contribution in [3.63, 3.8) is 0 Å². The second-order valence-electron chi connectivity index (χ2n) is 8.04. The molecule has 0 amide bonds. The van der Waals surface area contributed by atoms with Gasteiger partial charge in [-0.3, -0.25) is 4.79 Å². The molecule has 0 aromatic carbocycles. The molecule has 27 heavy (non-hydrogen) atoms. The van der Waals surface area contributed by atoms with Crippen molar-refractivity contribution in [3.05, 3.63) is 27.7 Å². The van der Waals surface area contributed by atoms with E-state index >= 15 is 0 Å². The first-order valence-electron chi connectivity index (χ1n) is 9.66. The average molecular weight is 396 g/mol. The van der Waals surface area contributed by atoms with Crippen molar-refractivity contribution >= 4 is 17.7 Å². The smallest absolute Gasteiger partial charge is 0.331 e. The first kappa shape index (κ1) is 22.0. The zero-order chi connectivity index (χ0) is 20.1. The molecule has 7 heteroatoms. The predicted octanol–water partition coefficient (Wildman–Crippen LogP) is 2.72. The summed E-state index contributed by atoms with van der Waals surface area (Å²) in [6.07, 6.45) is 5.61. The van der Waals surface area contributed by atoms with Crippen molar-refractivity contribution in [1.29, 1.82) is 0 Å². The largest absolute Gasteiger partial charge is 0.467 e. The van der Waals surface area contributed by atoms with E-state index in [0.717, 1.165) is 43.5 Å². The number of ether oxygens (including phenoxy) is 1. The Morgan fingerprint density at radius 3 is 2.56 bits per heavy atom. The molecular formula is C20H33N3O3S. The molecular weight excluding hydrogens is 362 g/mol. The lowest BCUT2D eigenvalue weighted by Crippen LogP contribution is -2.40. The lowest BCUT2D eigenvalue weighted by Gasteiger charge is -2.26. The second-order valence-corrected chi connectivity index (χ2v) is 9.12. The molecule has 1 fully saturated rings. The zero-order valence-corrected chi connectivity index (χ0v) is 18.2. The predicted molar refractivity (Wildman–Crippen MR) is 111 cm³/mol. The van der Waals surface area contributed by atoms with Crippen molar-refractivity contribution in [3.8, 4) is 0 Å². The number of nitrogens with zero attached hydrogens (tertiary/aromatic N) is 3. The fourth-order valence-corrected chi connectivity index (χ4v) is 4.33. The summed E-state index contributed by atoms with van der Waals surface area (Å²) in [5, 5.41) is 4.57. The van der Waals surface area contributed by atoms with E-state index < -0.39 is 12.0 Å². The second kappa shape index (κ2) is 9.73. The quantitative estimate of drug-likeness (QED) is 0.568. The Labute approximate surface area is 166 Å². The summed E-state index contributed by atoms with van der Waals surface area (Å²) in [5.41, 5.74) is 1.53. The number of aromatic nitrogens is 2. The van der Waals surface area contributed by atoms with Crippen LogP contribution in [-0.4, -0.2) is 59.9 Å². The van der Waals surface area contributed by atoms with E-state index in [1.54, 1.807) is 11.8 Å². The Morgan fingerprint density at radius 1 is 1.41 bits per heavy atom. The van der Waals surface area contributed by atoms with Gasteiger partial charge in [-0.1, -0.05) is 13.8 Å². The zero-order valence-electron chi connectivity index (χ0n) is 17.4. The molecule has 1 aromatic rings. The Balaban J connectivity index is 2.51. The molecule has 1 aliphatic rings. The number of hydrogen-bond donors (Lipinski definition) is 0. The molecule has 2 unspecified atom stereocenters. The molecule has 0 saturated heterocycles. The van der Waals surface area contributed by atoms with Crippen LogP contribution < -0.4 is 5.56 Å². The van der Waals surface area contributed by atoms with E-state index in [0.29, 0.717) is 11.8 Å². The highest BCUT2D eigenvalue weighted by molar-refractivity contribution is 7.99. The summed E-state index contributed by atoms with van der Waals surface area (Å²) >= 11 is 1.60. The number of likely N-dealkylation sites (N-methyl/N-ethyl adjacent to an activating group) is 1. The Kier molecular flexibility index (Phi) is 7.91. The van der Waals surface area contributed by atoms with Crippen LogP contribution in [0.15, 0.2) is 10.9 Å². The fraction of sp³-hybridized carbons (Fsp3) is 0.750. The van der Waals surface area contributed by atoms with Crippen LogP contribution in [0.1, 0.15) is 56.3 Å². The van der Waals surface area contributed by atoms with Gasteiger partial charge in [-0.15, -0.1) is 0 Å². The molecule has 1 heterocycles. The minimum Gasteiger partial charge on any atom is -0.467 e. The number of thioether (sulfide) groups is 1. The number of esters is 1.